The van der Waals surface area contributed by atoms with E-state index in [1.54, 1.807) is 30.2 Å². The van der Waals surface area contributed by atoms with Crippen LogP contribution in [0.15, 0.2) is 18.2 Å². The number of nitrogens with zero attached hydrogens (tertiary/aromatic N) is 1. The number of likely N-dealkylation sites (tertiary alicyclic amines) is 1. The predicted molar refractivity (Wildman–Crippen MR) is 87.7 cm³/mol. The zero-order chi connectivity index (χ0) is 17.2. The van der Waals surface area contributed by atoms with Crippen LogP contribution in [-0.4, -0.2) is 43.0 Å². The van der Waals surface area contributed by atoms with Gasteiger partial charge in [0.1, 0.15) is 11.5 Å². The molecule has 0 saturated carbocycles. The minimum Gasteiger partial charge on any atom is -0.497 e. The molecule has 6 heteroatoms. The Morgan fingerprint density at radius 3 is 2.48 bits per heavy atom. The molecule has 1 fully saturated rings. The van der Waals surface area contributed by atoms with Crippen molar-refractivity contribution < 1.29 is 19.1 Å². The fraction of sp³-hybridized carbons (Fsp3) is 0.529. The molecule has 1 aromatic carbocycles. The number of amides is 2. The van der Waals surface area contributed by atoms with Crippen LogP contribution in [0.25, 0.3) is 0 Å². The van der Waals surface area contributed by atoms with E-state index >= 15 is 0 Å². The summed E-state index contributed by atoms with van der Waals surface area (Å²) in [6, 6.07) is 5.19. The predicted octanol–water partition coefficient (Wildman–Crippen LogP) is 2.29. The van der Waals surface area contributed by atoms with Crippen molar-refractivity contribution in [2.45, 2.75) is 32.7 Å². The number of carbonyl (C=O) groups is 2. The summed E-state index contributed by atoms with van der Waals surface area (Å²) in [6.07, 6.45) is 0.232. The number of anilines is 1. The quantitative estimate of drug-likeness (QED) is 0.924. The van der Waals surface area contributed by atoms with Crippen molar-refractivity contribution in [2.75, 3.05) is 26.1 Å². The Morgan fingerprint density at radius 2 is 1.96 bits per heavy atom. The monoisotopic (exact) mass is 320 g/mol. The maximum Gasteiger partial charge on any atom is 0.229 e. The summed E-state index contributed by atoms with van der Waals surface area (Å²) in [5.41, 5.74) is 0.262. The molecule has 1 N–H and O–H groups in total. The molecule has 1 saturated heterocycles. The van der Waals surface area contributed by atoms with E-state index < -0.39 is 0 Å². The number of nitrogens with one attached hydrogen (secondary N) is 1. The SMILES string of the molecule is COc1ccc(OC)c(NC(=O)[C@H]2CC(=O)N(C(C)(C)C)C2)c1. The van der Waals surface area contributed by atoms with E-state index in [1.165, 1.54) is 7.11 Å². The molecule has 0 unspecified atom stereocenters. The lowest BCUT2D eigenvalue weighted by Gasteiger charge is -2.31. The maximum atomic E-state index is 12.5. The standard InChI is InChI=1S/C17H24N2O4/c1-17(2,3)19-10-11(8-15(19)20)16(21)18-13-9-12(22-4)6-7-14(13)23-5/h6-7,9,11H,8,10H2,1-5H3,(H,18,21)/t11-/m0/s1. The fourth-order valence-corrected chi connectivity index (χ4v) is 2.68. The molecular weight excluding hydrogens is 296 g/mol. The van der Waals surface area contributed by atoms with Crippen molar-refractivity contribution in [3.63, 3.8) is 0 Å². The van der Waals surface area contributed by atoms with Crippen LogP contribution >= 0.6 is 0 Å². The smallest absolute Gasteiger partial charge is 0.229 e. The van der Waals surface area contributed by atoms with Gasteiger partial charge in [-0.3, -0.25) is 9.59 Å². The zero-order valence-electron chi connectivity index (χ0n) is 14.3. The Hall–Kier alpha value is -2.24. The Kier molecular flexibility index (Phi) is 4.82. The first-order valence-corrected chi connectivity index (χ1v) is 7.59. The molecule has 2 amide bonds. The molecular formula is C17H24N2O4. The Morgan fingerprint density at radius 1 is 1.26 bits per heavy atom. The summed E-state index contributed by atoms with van der Waals surface area (Å²) in [5.74, 6) is 0.639. The Balaban J connectivity index is 2.13. The average molecular weight is 320 g/mol. The number of carbonyl (C=O) groups excluding carboxylic acids is 2. The van der Waals surface area contributed by atoms with E-state index in [0.29, 0.717) is 23.7 Å². The van der Waals surface area contributed by atoms with E-state index in [-0.39, 0.29) is 29.7 Å². The van der Waals surface area contributed by atoms with Gasteiger partial charge in [0, 0.05) is 24.6 Å². The highest BCUT2D eigenvalue weighted by atomic mass is 16.5. The van der Waals surface area contributed by atoms with Crippen molar-refractivity contribution in [1.29, 1.82) is 0 Å². The summed E-state index contributed by atoms with van der Waals surface area (Å²) in [4.78, 5) is 26.4. The normalized spacial score (nSPS) is 18.0. The number of rotatable bonds is 4. The van der Waals surface area contributed by atoms with Crippen LogP contribution in [0.3, 0.4) is 0 Å². The summed E-state index contributed by atoms with van der Waals surface area (Å²) in [6.45, 7) is 6.34. The summed E-state index contributed by atoms with van der Waals surface area (Å²) >= 11 is 0. The third kappa shape index (κ3) is 3.75. The van der Waals surface area contributed by atoms with Crippen LogP contribution in [0.2, 0.25) is 0 Å². The molecule has 0 radical (unpaired) electrons. The largest absolute Gasteiger partial charge is 0.497 e. The molecule has 0 aliphatic carbocycles. The highest BCUT2D eigenvalue weighted by Gasteiger charge is 2.39. The molecule has 126 valence electrons. The van der Waals surface area contributed by atoms with Gasteiger partial charge >= 0.3 is 0 Å². The second-order valence-electron chi connectivity index (χ2n) is 6.63. The van der Waals surface area contributed by atoms with Gasteiger partial charge in [0.05, 0.1) is 25.8 Å². The van der Waals surface area contributed by atoms with Gasteiger partial charge in [0.15, 0.2) is 0 Å². The van der Waals surface area contributed by atoms with Crippen molar-refractivity contribution in [3.8, 4) is 11.5 Å². The van der Waals surface area contributed by atoms with E-state index in [9.17, 15) is 9.59 Å². The molecule has 6 nitrogen and oxygen atoms in total. The van der Waals surface area contributed by atoms with Gasteiger partial charge in [-0.1, -0.05) is 0 Å². The lowest BCUT2D eigenvalue weighted by Crippen LogP contribution is -2.42. The van der Waals surface area contributed by atoms with Crippen molar-refractivity contribution >= 4 is 17.5 Å². The van der Waals surface area contributed by atoms with Gasteiger partial charge in [0.25, 0.3) is 0 Å². The summed E-state index contributed by atoms with van der Waals surface area (Å²) in [7, 11) is 3.10. The lowest BCUT2D eigenvalue weighted by molar-refractivity contribution is -0.131. The molecule has 23 heavy (non-hydrogen) atoms. The van der Waals surface area contributed by atoms with Crippen molar-refractivity contribution in [3.05, 3.63) is 18.2 Å². The molecule has 0 spiro atoms. The van der Waals surface area contributed by atoms with Crippen LogP contribution in [0.5, 0.6) is 11.5 Å². The Labute approximate surface area is 136 Å². The van der Waals surface area contributed by atoms with Crippen molar-refractivity contribution in [1.82, 2.24) is 4.90 Å². The van der Waals surface area contributed by atoms with Crippen LogP contribution in [0.4, 0.5) is 5.69 Å². The zero-order valence-corrected chi connectivity index (χ0v) is 14.3. The topological polar surface area (TPSA) is 67.9 Å². The second kappa shape index (κ2) is 6.48. The number of hydrogen-bond donors (Lipinski definition) is 1. The molecule has 1 aromatic rings. The summed E-state index contributed by atoms with van der Waals surface area (Å²) in [5, 5.41) is 2.85. The molecule has 0 aromatic heterocycles. The summed E-state index contributed by atoms with van der Waals surface area (Å²) < 4.78 is 10.4. The van der Waals surface area contributed by atoms with Crippen molar-refractivity contribution in [2.24, 2.45) is 5.92 Å². The van der Waals surface area contributed by atoms with Gasteiger partial charge < -0.3 is 19.7 Å². The number of ether oxygens (including phenoxy) is 2. The Bertz CT molecular complexity index is 607. The van der Waals surface area contributed by atoms with Crippen LogP contribution < -0.4 is 14.8 Å². The molecule has 0 bridgehead atoms. The molecule has 1 atom stereocenters. The highest BCUT2D eigenvalue weighted by molar-refractivity contribution is 5.98. The van der Waals surface area contributed by atoms with Crippen LogP contribution in [0, 0.1) is 5.92 Å². The number of hydrogen-bond acceptors (Lipinski definition) is 4. The van der Waals surface area contributed by atoms with E-state index in [2.05, 4.69) is 5.32 Å². The minimum absolute atomic E-state index is 0.00950. The maximum absolute atomic E-state index is 12.5. The lowest BCUT2D eigenvalue weighted by atomic mass is 10.1. The number of benzene rings is 1. The van der Waals surface area contributed by atoms with E-state index in [4.69, 9.17) is 9.47 Å². The molecule has 1 heterocycles. The van der Waals surface area contributed by atoms with Gasteiger partial charge in [-0.2, -0.15) is 0 Å². The van der Waals surface area contributed by atoms with E-state index in [1.807, 2.05) is 20.8 Å². The van der Waals surface area contributed by atoms with Crippen LogP contribution in [-0.2, 0) is 9.59 Å². The first kappa shape index (κ1) is 17.1. The van der Waals surface area contributed by atoms with E-state index in [0.717, 1.165) is 0 Å². The second-order valence-corrected chi connectivity index (χ2v) is 6.63. The van der Waals surface area contributed by atoms with Gasteiger partial charge in [-0.05, 0) is 32.9 Å². The first-order chi connectivity index (χ1) is 10.8. The molecule has 2 rings (SSSR count). The average Bonchev–Trinajstić information content (AvgIpc) is 2.89. The third-order valence-corrected chi connectivity index (χ3v) is 3.97. The van der Waals surface area contributed by atoms with Gasteiger partial charge in [0.2, 0.25) is 11.8 Å². The highest BCUT2D eigenvalue weighted by Crippen LogP contribution is 2.31. The molecule has 1 aliphatic rings. The van der Waals surface area contributed by atoms with Gasteiger partial charge in [-0.15, -0.1) is 0 Å². The minimum atomic E-state index is -0.363. The van der Waals surface area contributed by atoms with Crippen LogP contribution in [0.1, 0.15) is 27.2 Å². The van der Waals surface area contributed by atoms with Gasteiger partial charge in [-0.25, -0.2) is 0 Å². The molecule has 1 aliphatic heterocycles. The fourth-order valence-electron chi connectivity index (χ4n) is 2.68. The number of methoxy groups -OCH3 is 2. The first-order valence-electron chi connectivity index (χ1n) is 7.59. The third-order valence-electron chi connectivity index (χ3n) is 3.97.